The summed E-state index contributed by atoms with van der Waals surface area (Å²) in [5.74, 6) is 0.592. The number of nitriles is 1. The number of carbonyl (C=O) groups is 1. The van der Waals surface area contributed by atoms with Gasteiger partial charge in [-0.25, -0.2) is 8.78 Å². The Morgan fingerprint density at radius 2 is 1.48 bits per heavy atom. The third-order valence-electron chi connectivity index (χ3n) is 6.67. The third kappa shape index (κ3) is 15.2. The molecule has 3 nitrogen and oxygen atoms in total. The van der Waals surface area contributed by atoms with E-state index in [1.54, 1.807) is 0 Å². The topological polar surface area (TPSA) is 52.9 Å². The molecule has 0 spiro atoms. The van der Waals surface area contributed by atoms with Gasteiger partial charge in [-0.2, -0.15) is 5.26 Å². The Balaban J connectivity index is -0.000000716. The average Bonchev–Trinajstić information content (AvgIpc) is 3.78. The van der Waals surface area contributed by atoms with Crippen LogP contribution in [0.4, 0.5) is 8.78 Å². The van der Waals surface area contributed by atoms with E-state index in [9.17, 15) is 4.39 Å². The van der Waals surface area contributed by atoms with Crippen LogP contribution in [-0.4, -0.2) is 26.1 Å². The van der Waals surface area contributed by atoms with Gasteiger partial charge in [0.25, 0.3) is 0 Å². The minimum Gasteiger partial charge on any atom is -0.316 e. The van der Waals surface area contributed by atoms with E-state index in [1.807, 2.05) is 76.2 Å². The molecule has 1 N–H and O–H groups in total. The van der Waals surface area contributed by atoms with Crippen LogP contribution in [-0.2, 0) is 11.2 Å². The van der Waals surface area contributed by atoms with E-state index in [4.69, 9.17) is 10.1 Å². The smallest absolute Gasteiger partial charge is 0.134 e. The van der Waals surface area contributed by atoms with Gasteiger partial charge in [0, 0.05) is 17.5 Å². The zero-order valence-electron chi connectivity index (χ0n) is 25.6. The molecule has 5 heteroatoms. The summed E-state index contributed by atoms with van der Waals surface area (Å²) in [6.45, 7) is 13.5. The average molecular weight is 553 g/mol. The highest BCUT2D eigenvalue weighted by Gasteiger charge is 2.48. The van der Waals surface area contributed by atoms with Gasteiger partial charge >= 0.3 is 0 Å². The highest BCUT2D eigenvalue weighted by Crippen LogP contribution is 2.53. The quantitative estimate of drug-likeness (QED) is 0.333. The molecule has 1 aliphatic rings. The molecular weight excluding hydrogens is 502 g/mol. The second kappa shape index (κ2) is 24.6. The number of alkyl halides is 1. The Morgan fingerprint density at radius 1 is 0.975 bits per heavy atom. The molecule has 0 bridgehead atoms. The van der Waals surface area contributed by atoms with E-state index < -0.39 is 6.17 Å². The normalized spacial score (nSPS) is 13.9. The van der Waals surface area contributed by atoms with Crippen molar-refractivity contribution in [1.29, 1.82) is 5.26 Å². The minimum absolute atomic E-state index is 0.0632. The van der Waals surface area contributed by atoms with Gasteiger partial charge in [0.2, 0.25) is 0 Å². The van der Waals surface area contributed by atoms with Crippen molar-refractivity contribution in [2.45, 2.75) is 85.9 Å². The van der Waals surface area contributed by atoms with Crippen molar-refractivity contribution in [3.05, 3.63) is 59.9 Å². The van der Waals surface area contributed by atoms with Crippen molar-refractivity contribution < 1.29 is 13.6 Å². The molecule has 2 aromatic carbocycles. The molecule has 0 aliphatic heterocycles. The lowest BCUT2D eigenvalue weighted by molar-refractivity contribution is -0.0980. The van der Waals surface area contributed by atoms with E-state index in [-0.39, 0.29) is 11.7 Å². The fourth-order valence-electron chi connectivity index (χ4n) is 4.37. The van der Waals surface area contributed by atoms with Crippen LogP contribution in [0.1, 0.15) is 72.8 Å². The molecule has 1 unspecified atom stereocenters. The van der Waals surface area contributed by atoms with Gasteiger partial charge in [-0.3, -0.25) is 0 Å². The molecule has 3 rings (SSSR count). The van der Waals surface area contributed by atoms with E-state index >= 15 is 4.39 Å². The summed E-state index contributed by atoms with van der Waals surface area (Å²) < 4.78 is 26.1. The Morgan fingerprint density at radius 3 is 1.82 bits per heavy atom. The molecule has 1 saturated carbocycles. The van der Waals surface area contributed by atoms with Gasteiger partial charge in [-0.05, 0) is 82.4 Å². The monoisotopic (exact) mass is 552 g/mol. The van der Waals surface area contributed by atoms with Gasteiger partial charge < -0.3 is 10.1 Å². The second-order valence-electron chi connectivity index (χ2n) is 9.76. The van der Waals surface area contributed by atoms with Crippen molar-refractivity contribution in [3.8, 4) is 42.9 Å². The summed E-state index contributed by atoms with van der Waals surface area (Å²) in [6, 6.07) is 18.2. The van der Waals surface area contributed by atoms with E-state index in [1.165, 1.54) is 33.1 Å². The van der Waals surface area contributed by atoms with Crippen molar-refractivity contribution in [2.24, 2.45) is 17.3 Å². The molecule has 0 radical (unpaired) electrons. The van der Waals surface area contributed by atoms with E-state index in [2.05, 4.69) is 50.9 Å². The largest absolute Gasteiger partial charge is 0.316 e. The number of carbonyl (C=O) groups excluding carboxylic acids is 1. The number of nitrogens with zero attached hydrogens (tertiary/aromatic N) is 1. The summed E-state index contributed by atoms with van der Waals surface area (Å²) in [5.41, 5.74) is 2.91. The molecule has 0 heterocycles. The van der Waals surface area contributed by atoms with Gasteiger partial charge in [-0.15, -0.1) is 25.7 Å². The minimum atomic E-state index is -0.667. The number of terminal acetylenes is 2. The van der Waals surface area contributed by atoms with Crippen LogP contribution in [0.5, 0.6) is 0 Å². The molecule has 2 aromatic rings. The Hall–Kier alpha value is -3.46. The first-order chi connectivity index (χ1) is 19.1. The van der Waals surface area contributed by atoms with Crippen LogP contribution in [0.2, 0.25) is 0 Å². The number of hydrogen-bond acceptors (Lipinski definition) is 3. The van der Waals surface area contributed by atoms with Crippen molar-refractivity contribution in [3.63, 3.8) is 0 Å². The fraction of sp³-hybridized carbons (Fsp3) is 0.486. The lowest BCUT2D eigenvalue weighted by Gasteiger charge is -2.31. The molecule has 220 valence electrons. The summed E-state index contributed by atoms with van der Waals surface area (Å²) in [7, 11) is 2.05. The lowest BCUT2D eigenvalue weighted by Crippen LogP contribution is -2.41. The van der Waals surface area contributed by atoms with E-state index in [0.29, 0.717) is 22.9 Å². The lowest BCUT2D eigenvalue weighted by atomic mass is 9.81. The number of nitrogens with one attached hydrogen (secondary N) is 1. The molecule has 0 saturated heterocycles. The standard InChI is InChI=1S/C22H28FN.C5H9N.C3H7F.2C2H2.CH2O/c1-4-22(13-14-22)21(24-3)16(2)15-18-11-8-12-19(20(18)23)17-9-6-5-7-10-17;1-3-5(2)4-6;1-3(2)4;3*1-2/h5-12,16,21,24H,4,13-15H2,1-3H3;5H,3H2,1-2H3;3H,1-2H3;2*1-2H;1H2/t16?,21-;5-;;;;/m11..../s1. The SMILES string of the molecule is C#C.C#C.C=O.CC(C)F.CCC1([C@H](NC)C(C)Cc2cccc(-c3ccccc3)c2F)CC1.CC[C@@H](C)C#N. The first-order valence-electron chi connectivity index (χ1n) is 13.6. The highest BCUT2D eigenvalue weighted by atomic mass is 19.1. The molecule has 1 aliphatic carbocycles. The van der Waals surface area contributed by atoms with Crippen molar-refractivity contribution in [1.82, 2.24) is 5.32 Å². The van der Waals surface area contributed by atoms with Crippen LogP contribution in [0.3, 0.4) is 0 Å². The maximum atomic E-state index is 15.1. The number of hydrogen-bond donors (Lipinski definition) is 1. The first kappa shape index (κ1) is 41.0. The molecule has 1 fully saturated rings. The highest BCUT2D eigenvalue weighted by molar-refractivity contribution is 5.64. The fourth-order valence-corrected chi connectivity index (χ4v) is 4.37. The van der Waals surface area contributed by atoms with E-state index in [0.717, 1.165) is 24.0 Å². The zero-order chi connectivity index (χ0) is 31.7. The predicted octanol–water partition coefficient (Wildman–Crippen LogP) is 8.68. The van der Waals surface area contributed by atoms with Crippen LogP contribution >= 0.6 is 0 Å². The molecule has 40 heavy (non-hydrogen) atoms. The number of benzene rings is 2. The molecular formula is C35H50F2N2O. The molecule has 3 atom stereocenters. The molecule has 0 aromatic heterocycles. The van der Waals surface area contributed by atoms with Crippen LogP contribution in [0, 0.1) is 60.1 Å². The van der Waals surface area contributed by atoms with Crippen molar-refractivity contribution >= 4 is 6.79 Å². The van der Waals surface area contributed by atoms with Crippen LogP contribution in [0.15, 0.2) is 48.5 Å². The van der Waals surface area contributed by atoms with Gasteiger partial charge in [0.15, 0.2) is 0 Å². The maximum Gasteiger partial charge on any atom is 0.134 e. The van der Waals surface area contributed by atoms with Crippen LogP contribution < -0.4 is 5.32 Å². The van der Waals surface area contributed by atoms with Gasteiger partial charge in [-0.1, -0.05) is 69.3 Å². The Bertz CT molecular complexity index is 966. The zero-order valence-corrected chi connectivity index (χ0v) is 25.6. The predicted molar refractivity (Wildman–Crippen MR) is 168 cm³/mol. The maximum absolute atomic E-state index is 15.1. The van der Waals surface area contributed by atoms with Gasteiger partial charge in [0.1, 0.15) is 12.6 Å². The van der Waals surface area contributed by atoms with Crippen molar-refractivity contribution in [2.75, 3.05) is 7.05 Å². The number of rotatable bonds is 8. The summed E-state index contributed by atoms with van der Waals surface area (Å²) in [6.07, 6.45) is 20.9. The van der Waals surface area contributed by atoms with Crippen LogP contribution in [0.25, 0.3) is 11.1 Å². The molecule has 0 amide bonds. The second-order valence-corrected chi connectivity index (χ2v) is 9.76. The Kier molecular flexibility index (Phi) is 25.2. The number of halogens is 2. The first-order valence-corrected chi connectivity index (χ1v) is 13.6. The third-order valence-corrected chi connectivity index (χ3v) is 6.67. The summed E-state index contributed by atoms with van der Waals surface area (Å²) >= 11 is 0. The summed E-state index contributed by atoms with van der Waals surface area (Å²) in [5, 5.41) is 11.6. The van der Waals surface area contributed by atoms with Gasteiger partial charge in [0.05, 0.1) is 12.2 Å². The Labute approximate surface area is 243 Å². The summed E-state index contributed by atoms with van der Waals surface area (Å²) in [4.78, 5) is 8.00.